The van der Waals surface area contributed by atoms with E-state index in [0.29, 0.717) is 42.3 Å². The normalized spacial score (nSPS) is 30.2. The van der Waals surface area contributed by atoms with E-state index in [1.807, 2.05) is 0 Å². The Hall–Kier alpha value is -0.820. The number of rotatable bonds is 5. The smallest absolute Gasteiger partial charge is 0.246 e. The molecule has 3 unspecified atom stereocenters. The van der Waals surface area contributed by atoms with Crippen LogP contribution >= 0.6 is 11.6 Å². The number of fused-ring (bicyclic) bond motifs is 1. The topological polar surface area (TPSA) is 72.6 Å². The summed E-state index contributed by atoms with van der Waals surface area (Å²) in [4.78, 5) is 0.188. The van der Waals surface area contributed by atoms with E-state index >= 15 is 0 Å². The van der Waals surface area contributed by atoms with Gasteiger partial charge in [-0.05, 0) is 61.6 Å². The number of halogens is 1. The van der Waals surface area contributed by atoms with Crippen LogP contribution in [-0.2, 0) is 10.0 Å². The maximum atomic E-state index is 13.2. The van der Waals surface area contributed by atoms with Crippen LogP contribution in [0.5, 0.6) is 5.75 Å². The van der Waals surface area contributed by atoms with E-state index < -0.39 is 10.0 Å². The third-order valence-electron chi connectivity index (χ3n) is 6.10. The van der Waals surface area contributed by atoms with E-state index in [1.54, 1.807) is 16.4 Å². The van der Waals surface area contributed by atoms with Crippen LogP contribution in [0.1, 0.15) is 32.1 Å². The second kappa shape index (κ2) is 6.72. The minimum atomic E-state index is -3.63. The number of hydrogen-bond acceptors (Lipinski definition) is 4. The number of nitrogens with two attached hydrogens (primary N) is 1. The molecule has 1 aromatic carbocycles. The molecule has 7 heteroatoms. The van der Waals surface area contributed by atoms with Gasteiger partial charge in [-0.25, -0.2) is 8.42 Å². The lowest BCUT2D eigenvalue weighted by Gasteiger charge is -2.26. The molecular formula is C18H25ClN2O3S. The Morgan fingerprint density at radius 3 is 2.68 bits per heavy atom. The van der Waals surface area contributed by atoms with Crippen LogP contribution in [0.4, 0.5) is 0 Å². The minimum absolute atomic E-state index is 0.110. The highest BCUT2D eigenvalue weighted by Gasteiger charge is 2.45. The lowest BCUT2D eigenvalue weighted by Crippen LogP contribution is -2.33. The molecular weight excluding hydrogens is 360 g/mol. The molecule has 4 rings (SSSR count). The van der Waals surface area contributed by atoms with Crippen LogP contribution < -0.4 is 10.5 Å². The standard InChI is InChI=1S/C18H25ClN2O3S/c19-14-5-7-17(24-11-12-2-1-3-12)18(8-14)25(22,23)21-9-13-4-6-16(20)15(13)10-21/h5,7-8,12-13,15-16H,1-4,6,9-11,20H2. The van der Waals surface area contributed by atoms with E-state index in [4.69, 9.17) is 22.1 Å². The zero-order chi connectivity index (χ0) is 17.6. The molecule has 1 aromatic rings. The molecule has 2 aliphatic carbocycles. The molecule has 3 aliphatic rings. The van der Waals surface area contributed by atoms with Crippen molar-refractivity contribution in [2.75, 3.05) is 19.7 Å². The Morgan fingerprint density at radius 2 is 2.00 bits per heavy atom. The molecule has 0 radical (unpaired) electrons. The van der Waals surface area contributed by atoms with Crippen LogP contribution in [0.3, 0.4) is 0 Å². The molecule has 0 amide bonds. The van der Waals surface area contributed by atoms with Gasteiger partial charge in [0.2, 0.25) is 10.0 Å². The molecule has 3 fully saturated rings. The largest absolute Gasteiger partial charge is 0.492 e. The summed E-state index contributed by atoms with van der Waals surface area (Å²) in [6, 6.07) is 4.99. The Morgan fingerprint density at radius 1 is 1.20 bits per heavy atom. The average Bonchev–Trinajstić information content (AvgIpc) is 3.10. The Labute approximate surface area is 154 Å². The molecule has 0 spiro atoms. The SMILES string of the molecule is NC1CCC2CN(S(=O)(=O)c3cc(Cl)ccc3OCC3CCC3)CC12. The highest BCUT2D eigenvalue weighted by molar-refractivity contribution is 7.89. The van der Waals surface area contributed by atoms with Gasteiger partial charge in [0.1, 0.15) is 10.6 Å². The molecule has 0 bridgehead atoms. The van der Waals surface area contributed by atoms with Gasteiger partial charge in [0, 0.05) is 24.2 Å². The molecule has 5 nitrogen and oxygen atoms in total. The summed E-state index contributed by atoms with van der Waals surface area (Å²) in [7, 11) is -3.63. The van der Waals surface area contributed by atoms with Crippen LogP contribution in [0.15, 0.2) is 23.1 Å². The molecule has 1 aliphatic heterocycles. The molecule has 138 valence electrons. The molecule has 2 saturated carbocycles. The van der Waals surface area contributed by atoms with Crippen molar-refractivity contribution in [1.29, 1.82) is 0 Å². The van der Waals surface area contributed by atoms with Crippen LogP contribution in [0.2, 0.25) is 5.02 Å². The minimum Gasteiger partial charge on any atom is -0.492 e. The second-order valence-corrected chi connectivity index (χ2v) is 10.0. The van der Waals surface area contributed by atoms with Crippen molar-refractivity contribution in [1.82, 2.24) is 4.31 Å². The Kier molecular flexibility index (Phi) is 4.73. The van der Waals surface area contributed by atoms with Crippen molar-refractivity contribution in [3.8, 4) is 5.75 Å². The molecule has 25 heavy (non-hydrogen) atoms. The quantitative estimate of drug-likeness (QED) is 0.847. The van der Waals surface area contributed by atoms with Crippen molar-refractivity contribution in [3.63, 3.8) is 0 Å². The fourth-order valence-corrected chi connectivity index (χ4v) is 6.20. The first-order valence-corrected chi connectivity index (χ1v) is 10.9. The summed E-state index contributed by atoms with van der Waals surface area (Å²) in [5, 5.41) is 0.408. The summed E-state index contributed by atoms with van der Waals surface area (Å²) < 4.78 is 33.9. The third kappa shape index (κ3) is 3.29. The number of ether oxygens (including phenoxy) is 1. The molecule has 3 atom stereocenters. The van der Waals surface area contributed by atoms with Gasteiger partial charge in [0.25, 0.3) is 0 Å². The summed E-state index contributed by atoms with van der Waals surface area (Å²) >= 11 is 6.09. The number of benzene rings is 1. The van der Waals surface area contributed by atoms with E-state index in [-0.39, 0.29) is 16.9 Å². The first-order valence-electron chi connectivity index (χ1n) is 9.13. The van der Waals surface area contributed by atoms with Gasteiger partial charge in [0.05, 0.1) is 6.61 Å². The predicted molar refractivity (Wildman–Crippen MR) is 97.2 cm³/mol. The van der Waals surface area contributed by atoms with E-state index in [9.17, 15) is 8.42 Å². The lowest BCUT2D eigenvalue weighted by molar-refractivity contribution is 0.177. The number of nitrogens with zero attached hydrogens (tertiary/aromatic N) is 1. The predicted octanol–water partition coefficient (Wildman–Crippen LogP) is 2.88. The fourth-order valence-electron chi connectivity index (χ4n) is 4.27. The van der Waals surface area contributed by atoms with Gasteiger partial charge < -0.3 is 10.5 Å². The zero-order valence-electron chi connectivity index (χ0n) is 14.2. The zero-order valence-corrected chi connectivity index (χ0v) is 15.8. The van der Waals surface area contributed by atoms with Crippen molar-refractivity contribution in [2.45, 2.75) is 43.0 Å². The van der Waals surface area contributed by atoms with E-state index in [1.165, 1.54) is 12.5 Å². The maximum Gasteiger partial charge on any atom is 0.246 e. The lowest BCUT2D eigenvalue weighted by atomic mass is 9.86. The summed E-state index contributed by atoms with van der Waals surface area (Å²) in [6.07, 6.45) is 5.55. The van der Waals surface area contributed by atoms with Crippen molar-refractivity contribution >= 4 is 21.6 Å². The maximum absolute atomic E-state index is 13.2. The summed E-state index contributed by atoms with van der Waals surface area (Å²) in [6.45, 7) is 1.62. The first kappa shape index (κ1) is 17.6. The van der Waals surface area contributed by atoms with Gasteiger partial charge in [-0.3, -0.25) is 0 Å². The van der Waals surface area contributed by atoms with E-state index in [0.717, 1.165) is 25.7 Å². The molecule has 2 N–H and O–H groups in total. The third-order valence-corrected chi connectivity index (χ3v) is 8.19. The van der Waals surface area contributed by atoms with Crippen LogP contribution in [0.25, 0.3) is 0 Å². The van der Waals surface area contributed by atoms with Crippen molar-refractivity contribution in [3.05, 3.63) is 23.2 Å². The Bertz CT molecular complexity index is 751. The van der Waals surface area contributed by atoms with Crippen molar-refractivity contribution < 1.29 is 13.2 Å². The second-order valence-electron chi connectivity index (χ2n) is 7.69. The molecule has 1 heterocycles. The fraction of sp³-hybridized carbons (Fsp3) is 0.667. The van der Waals surface area contributed by atoms with Gasteiger partial charge in [-0.2, -0.15) is 4.31 Å². The average molecular weight is 385 g/mol. The van der Waals surface area contributed by atoms with Crippen LogP contribution in [-0.4, -0.2) is 38.5 Å². The van der Waals surface area contributed by atoms with Crippen molar-refractivity contribution in [2.24, 2.45) is 23.5 Å². The monoisotopic (exact) mass is 384 g/mol. The highest BCUT2D eigenvalue weighted by atomic mass is 35.5. The number of sulfonamides is 1. The van der Waals surface area contributed by atoms with Crippen LogP contribution in [0, 0.1) is 17.8 Å². The highest BCUT2D eigenvalue weighted by Crippen LogP contribution is 2.41. The molecule has 0 aromatic heterocycles. The van der Waals surface area contributed by atoms with E-state index in [2.05, 4.69) is 0 Å². The van der Waals surface area contributed by atoms with Gasteiger partial charge in [0.15, 0.2) is 0 Å². The number of hydrogen-bond donors (Lipinski definition) is 1. The molecule has 1 saturated heterocycles. The Balaban J connectivity index is 1.57. The summed E-state index contributed by atoms with van der Waals surface area (Å²) in [5.41, 5.74) is 6.15. The summed E-state index contributed by atoms with van der Waals surface area (Å²) in [5.74, 6) is 1.60. The van der Waals surface area contributed by atoms with Gasteiger partial charge >= 0.3 is 0 Å². The first-order chi connectivity index (χ1) is 11.9. The van der Waals surface area contributed by atoms with Gasteiger partial charge in [-0.1, -0.05) is 18.0 Å². The van der Waals surface area contributed by atoms with Gasteiger partial charge in [-0.15, -0.1) is 0 Å².